The first-order valence-corrected chi connectivity index (χ1v) is 6.87. The molecule has 5 heteroatoms. The van der Waals surface area contributed by atoms with E-state index in [-0.39, 0.29) is 5.54 Å². The molecule has 1 aliphatic heterocycles. The Morgan fingerprint density at radius 2 is 2.00 bits per heavy atom. The van der Waals surface area contributed by atoms with Crippen molar-refractivity contribution in [3.05, 3.63) is 23.8 Å². The number of methoxy groups -OCH3 is 2. The summed E-state index contributed by atoms with van der Waals surface area (Å²) in [4.78, 5) is 6.57. The molecule has 5 nitrogen and oxygen atoms in total. The molecule has 1 unspecified atom stereocenters. The van der Waals surface area contributed by atoms with Crippen LogP contribution in [0.4, 0.5) is 0 Å². The zero-order valence-corrected chi connectivity index (χ0v) is 12.6. The first kappa shape index (κ1) is 14.5. The molecular weight excluding hydrogens is 254 g/mol. The molecule has 1 aromatic carbocycles. The predicted octanol–water partition coefficient (Wildman–Crippen LogP) is 1.96. The lowest BCUT2D eigenvalue weighted by molar-refractivity contribution is 0.224. The second-order valence-electron chi connectivity index (χ2n) is 5.17. The van der Waals surface area contributed by atoms with Crippen LogP contribution in [0.25, 0.3) is 0 Å². The minimum Gasteiger partial charge on any atom is -0.493 e. The van der Waals surface area contributed by atoms with E-state index in [4.69, 9.17) is 15.2 Å². The summed E-state index contributed by atoms with van der Waals surface area (Å²) in [6.07, 6.45) is 1.03. The van der Waals surface area contributed by atoms with Crippen LogP contribution in [0.15, 0.2) is 23.2 Å². The van der Waals surface area contributed by atoms with Gasteiger partial charge in [0, 0.05) is 6.54 Å². The molecule has 0 aromatic heterocycles. The number of ether oxygens (including phenoxy) is 2. The van der Waals surface area contributed by atoms with E-state index in [0.717, 1.165) is 30.0 Å². The van der Waals surface area contributed by atoms with Crippen LogP contribution in [0.5, 0.6) is 11.5 Å². The molecule has 20 heavy (non-hydrogen) atoms. The standard InChI is InChI=1S/C15H23N3O2/c1-5-8-18-14(16)17-10-15(18,2)11-6-7-12(19-3)13(9-11)20-4/h6-7,9H,5,8,10H2,1-4H3,(H2,16,17). The van der Waals surface area contributed by atoms with Crippen molar-refractivity contribution in [2.24, 2.45) is 10.7 Å². The van der Waals surface area contributed by atoms with Crippen molar-refractivity contribution < 1.29 is 9.47 Å². The molecular formula is C15H23N3O2. The average molecular weight is 277 g/mol. The van der Waals surface area contributed by atoms with Gasteiger partial charge in [-0.3, -0.25) is 4.99 Å². The Balaban J connectivity index is 2.39. The summed E-state index contributed by atoms with van der Waals surface area (Å²) in [6.45, 7) is 5.85. The highest BCUT2D eigenvalue weighted by molar-refractivity contribution is 5.81. The van der Waals surface area contributed by atoms with E-state index >= 15 is 0 Å². The Hall–Kier alpha value is -1.91. The quantitative estimate of drug-likeness (QED) is 0.893. The molecule has 2 N–H and O–H groups in total. The molecule has 0 radical (unpaired) electrons. The van der Waals surface area contributed by atoms with Gasteiger partial charge in [0.1, 0.15) is 0 Å². The van der Waals surface area contributed by atoms with E-state index in [1.807, 2.05) is 12.1 Å². The normalized spacial score (nSPS) is 21.8. The summed E-state index contributed by atoms with van der Waals surface area (Å²) in [7, 11) is 3.28. The summed E-state index contributed by atoms with van der Waals surface area (Å²) < 4.78 is 10.7. The second-order valence-corrected chi connectivity index (χ2v) is 5.17. The molecule has 0 saturated carbocycles. The van der Waals surface area contributed by atoms with Gasteiger partial charge in [-0.15, -0.1) is 0 Å². The zero-order valence-electron chi connectivity index (χ0n) is 12.6. The number of guanidine groups is 1. The van der Waals surface area contributed by atoms with Gasteiger partial charge in [0.25, 0.3) is 0 Å². The van der Waals surface area contributed by atoms with Crippen LogP contribution in [-0.4, -0.2) is 38.2 Å². The van der Waals surface area contributed by atoms with Gasteiger partial charge in [-0.25, -0.2) is 0 Å². The van der Waals surface area contributed by atoms with Crippen LogP contribution in [-0.2, 0) is 5.54 Å². The molecule has 0 amide bonds. The summed E-state index contributed by atoms with van der Waals surface area (Å²) in [5.74, 6) is 2.08. The SMILES string of the molecule is CCCN1C(N)=NCC1(C)c1ccc(OC)c(OC)c1. The van der Waals surface area contributed by atoms with Crippen molar-refractivity contribution >= 4 is 5.96 Å². The Kier molecular flexibility index (Phi) is 4.06. The van der Waals surface area contributed by atoms with E-state index in [1.54, 1.807) is 14.2 Å². The lowest BCUT2D eigenvalue weighted by Gasteiger charge is -2.36. The highest BCUT2D eigenvalue weighted by Gasteiger charge is 2.39. The van der Waals surface area contributed by atoms with Gasteiger partial charge < -0.3 is 20.1 Å². The average Bonchev–Trinajstić information content (AvgIpc) is 2.76. The highest BCUT2D eigenvalue weighted by atomic mass is 16.5. The number of rotatable bonds is 5. The fourth-order valence-electron chi connectivity index (χ4n) is 2.66. The van der Waals surface area contributed by atoms with Crippen molar-refractivity contribution in [2.75, 3.05) is 27.3 Å². The maximum Gasteiger partial charge on any atom is 0.192 e. The molecule has 0 fully saturated rings. The summed E-state index contributed by atoms with van der Waals surface area (Å²) in [6, 6.07) is 5.99. The minimum atomic E-state index is -0.223. The molecule has 0 saturated heterocycles. The number of benzene rings is 1. The number of nitrogens with zero attached hydrogens (tertiary/aromatic N) is 2. The topological polar surface area (TPSA) is 60.1 Å². The Morgan fingerprint density at radius 3 is 2.60 bits per heavy atom. The van der Waals surface area contributed by atoms with Crippen molar-refractivity contribution in [1.29, 1.82) is 0 Å². The predicted molar refractivity (Wildman–Crippen MR) is 80.4 cm³/mol. The molecule has 0 aliphatic carbocycles. The van der Waals surface area contributed by atoms with Crippen LogP contribution in [0, 0.1) is 0 Å². The summed E-state index contributed by atoms with van der Waals surface area (Å²) in [5.41, 5.74) is 6.93. The van der Waals surface area contributed by atoms with Gasteiger partial charge in [-0.1, -0.05) is 13.0 Å². The van der Waals surface area contributed by atoms with Crippen molar-refractivity contribution in [2.45, 2.75) is 25.8 Å². The highest BCUT2D eigenvalue weighted by Crippen LogP contribution is 2.37. The van der Waals surface area contributed by atoms with Crippen LogP contribution in [0.3, 0.4) is 0 Å². The van der Waals surface area contributed by atoms with Gasteiger partial charge in [0.05, 0.1) is 26.3 Å². The van der Waals surface area contributed by atoms with Crippen molar-refractivity contribution in [1.82, 2.24) is 4.90 Å². The van der Waals surface area contributed by atoms with Crippen molar-refractivity contribution in [3.63, 3.8) is 0 Å². The van der Waals surface area contributed by atoms with Crippen molar-refractivity contribution in [3.8, 4) is 11.5 Å². The maximum atomic E-state index is 6.02. The maximum absolute atomic E-state index is 6.02. The fraction of sp³-hybridized carbons (Fsp3) is 0.533. The van der Waals surface area contributed by atoms with Crippen LogP contribution in [0.2, 0.25) is 0 Å². The van der Waals surface area contributed by atoms with E-state index in [9.17, 15) is 0 Å². The van der Waals surface area contributed by atoms with E-state index < -0.39 is 0 Å². The lowest BCUT2D eigenvalue weighted by atomic mass is 9.90. The first-order chi connectivity index (χ1) is 9.56. The molecule has 1 heterocycles. The molecule has 1 aromatic rings. The number of hydrogen-bond donors (Lipinski definition) is 1. The fourth-order valence-corrected chi connectivity index (χ4v) is 2.66. The lowest BCUT2D eigenvalue weighted by Crippen LogP contribution is -2.47. The van der Waals surface area contributed by atoms with Gasteiger partial charge in [-0.05, 0) is 31.0 Å². The molecule has 2 rings (SSSR count). The number of aliphatic imine (C=N–C) groups is 1. The van der Waals surface area contributed by atoms with E-state index in [0.29, 0.717) is 12.5 Å². The molecule has 1 atom stereocenters. The molecule has 0 spiro atoms. The monoisotopic (exact) mass is 277 g/mol. The van der Waals surface area contributed by atoms with E-state index in [1.165, 1.54) is 0 Å². The third-order valence-corrected chi connectivity index (χ3v) is 3.87. The largest absolute Gasteiger partial charge is 0.493 e. The van der Waals surface area contributed by atoms with Crippen LogP contribution < -0.4 is 15.2 Å². The molecule has 0 bridgehead atoms. The zero-order chi connectivity index (χ0) is 14.8. The third-order valence-electron chi connectivity index (χ3n) is 3.87. The van der Waals surface area contributed by atoms with Crippen LogP contribution >= 0.6 is 0 Å². The molecule has 110 valence electrons. The van der Waals surface area contributed by atoms with Gasteiger partial charge in [0.2, 0.25) is 0 Å². The number of nitrogens with two attached hydrogens (primary N) is 1. The van der Waals surface area contributed by atoms with Gasteiger partial charge in [-0.2, -0.15) is 0 Å². The third kappa shape index (κ3) is 2.28. The van der Waals surface area contributed by atoms with Crippen LogP contribution in [0.1, 0.15) is 25.8 Å². The Bertz CT molecular complexity index is 516. The van der Waals surface area contributed by atoms with Gasteiger partial charge >= 0.3 is 0 Å². The number of hydrogen-bond acceptors (Lipinski definition) is 5. The Morgan fingerprint density at radius 1 is 1.30 bits per heavy atom. The van der Waals surface area contributed by atoms with E-state index in [2.05, 4.69) is 29.8 Å². The first-order valence-electron chi connectivity index (χ1n) is 6.87. The van der Waals surface area contributed by atoms with Gasteiger partial charge in [0.15, 0.2) is 17.5 Å². The molecule has 1 aliphatic rings. The summed E-state index contributed by atoms with van der Waals surface area (Å²) in [5, 5.41) is 0. The summed E-state index contributed by atoms with van der Waals surface area (Å²) >= 11 is 0. The Labute approximate surface area is 120 Å². The minimum absolute atomic E-state index is 0.223. The smallest absolute Gasteiger partial charge is 0.192 e. The second kappa shape index (κ2) is 5.61.